The Bertz CT molecular complexity index is 223. The summed E-state index contributed by atoms with van der Waals surface area (Å²) in [5.41, 5.74) is 6.11. The SMILES string of the molecule is CC.CC1(CCC(N)C(=O)C(C)(C)C)CC1. The number of Topliss-reactive ketones (excluding diaryl/α,β-unsaturated/α-hetero) is 1. The van der Waals surface area contributed by atoms with Crippen molar-refractivity contribution in [1.82, 2.24) is 0 Å². The molecule has 0 aliphatic heterocycles. The van der Waals surface area contributed by atoms with Gasteiger partial charge in [0.2, 0.25) is 0 Å². The van der Waals surface area contributed by atoms with E-state index >= 15 is 0 Å². The van der Waals surface area contributed by atoms with E-state index in [4.69, 9.17) is 5.73 Å². The summed E-state index contributed by atoms with van der Waals surface area (Å²) in [4.78, 5) is 11.8. The molecule has 1 unspecified atom stereocenters. The summed E-state index contributed by atoms with van der Waals surface area (Å²) in [6, 6.07) is -0.257. The summed E-state index contributed by atoms with van der Waals surface area (Å²) >= 11 is 0. The summed E-state index contributed by atoms with van der Waals surface area (Å²) in [6.07, 6.45) is 4.58. The molecule has 1 fully saturated rings. The maximum Gasteiger partial charge on any atom is 0.154 e. The summed E-state index contributed by atoms with van der Waals surface area (Å²) in [5.74, 6) is 0.196. The van der Waals surface area contributed by atoms with Crippen molar-refractivity contribution in [3.63, 3.8) is 0 Å². The maximum atomic E-state index is 11.8. The van der Waals surface area contributed by atoms with Crippen molar-refractivity contribution >= 4 is 5.78 Å². The molecule has 2 N–H and O–H groups in total. The van der Waals surface area contributed by atoms with Crippen molar-refractivity contribution in [2.75, 3.05) is 0 Å². The van der Waals surface area contributed by atoms with Gasteiger partial charge >= 0.3 is 0 Å². The van der Waals surface area contributed by atoms with E-state index in [1.54, 1.807) is 0 Å². The molecule has 1 aliphatic rings. The minimum Gasteiger partial charge on any atom is -0.321 e. The number of carbonyl (C=O) groups is 1. The van der Waals surface area contributed by atoms with E-state index in [0.717, 1.165) is 12.8 Å². The number of rotatable bonds is 4. The Balaban J connectivity index is 0.00000106. The Kier molecular flexibility index (Phi) is 5.67. The Morgan fingerprint density at radius 3 is 2.06 bits per heavy atom. The number of carbonyl (C=O) groups excluding carboxylic acids is 1. The Morgan fingerprint density at radius 1 is 1.31 bits per heavy atom. The van der Waals surface area contributed by atoms with Gasteiger partial charge in [-0.25, -0.2) is 0 Å². The fraction of sp³-hybridized carbons (Fsp3) is 0.929. The van der Waals surface area contributed by atoms with Gasteiger partial charge in [0.25, 0.3) is 0 Å². The Morgan fingerprint density at radius 2 is 1.75 bits per heavy atom. The van der Waals surface area contributed by atoms with Gasteiger partial charge in [-0.3, -0.25) is 4.79 Å². The number of hydrogen-bond donors (Lipinski definition) is 1. The summed E-state index contributed by atoms with van der Waals surface area (Å²) in [6.45, 7) is 12.1. The third-order valence-corrected chi connectivity index (χ3v) is 3.24. The number of ketones is 1. The van der Waals surface area contributed by atoms with Crippen molar-refractivity contribution < 1.29 is 4.79 Å². The molecule has 0 bridgehead atoms. The van der Waals surface area contributed by atoms with Gasteiger partial charge in [0, 0.05) is 5.41 Å². The normalized spacial score (nSPS) is 19.4. The van der Waals surface area contributed by atoms with E-state index in [0.29, 0.717) is 5.41 Å². The van der Waals surface area contributed by atoms with Crippen molar-refractivity contribution in [2.45, 2.75) is 73.3 Å². The summed E-state index contributed by atoms with van der Waals surface area (Å²) < 4.78 is 0. The van der Waals surface area contributed by atoms with Crippen molar-refractivity contribution in [2.24, 2.45) is 16.6 Å². The maximum absolute atomic E-state index is 11.8. The molecule has 0 radical (unpaired) electrons. The first kappa shape index (κ1) is 15.6. The zero-order chi connectivity index (χ0) is 13.0. The second kappa shape index (κ2) is 5.81. The monoisotopic (exact) mass is 227 g/mol. The fourth-order valence-electron chi connectivity index (χ4n) is 1.65. The molecular formula is C14H29NO. The first-order chi connectivity index (χ1) is 7.25. The minimum atomic E-state index is -0.288. The standard InChI is InChI=1S/C12H23NO.C2H6/c1-11(2,3)10(14)9(13)5-6-12(4)7-8-12;1-2/h9H,5-8,13H2,1-4H3;1-2H3. The largest absolute Gasteiger partial charge is 0.321 e. The predicted molar refractivity (Wildman–Crippen MR) is 70.4 cm³/mol. The second-order valence-electron chi connectivity index (χ2n) is 6.07. The zero-order valence-electron chi connectivity index (χ0n) is 11.9. The van der Waals surface area contributed by atoms with Gasteiger partial charge in [-0.1, -0.05) is 41.5 Å². The van der Waals surface area contributed by atoms with Gasteiger partial charge in [0.05, 0.1) is 6.04 Å². The van der Waals surface area contributed by atoms with Crippen LogP contribution >= 0.6 is 0 Å². The van der Waals surface area contributed by atoms with E-state index in [1.165, 1.54) is 12.8 Å². The van der Waals surface area contributed by atoms with E-state index in [-0.39, 0.29) is 17.2 Å². The number of nitrogens with two attached hydrogens (primary N) is 1. The fourth-order valence-corrected chi connectivity index (χ4v) is 1.65. The molecule has 0 saturated heterocycles. The zero-order valence-corrected chi connectivity index (χ0v) is 11.9. The van der Waals surface area contributed by atoms with E-state index in [1.807, 2.05) is 34.6 Å². The topological polar surface area (TPSA) is 43.1 Å². The Labute approximate surface area is 101 Å². The van der Waals surface area contributed by atoms with E-state index < -0.39 is 0 Å². The van der Waals surface area contributed by atoms with Gasteiger partial charge in [-0.15, -0.1) is 0 Å². The molecule has 0 aromatic heterocycles. The Hall–Kier alpha value is -0.370. The van der Waals surface area contributed by atoms with Crippen LogP contribution in [0.5, 0.6) is 0 Å². The lowest BCUT2D eigenvalue weighted by Crippen LogP contribution is -2.39. The molecule has 0 amide bonds. The molecule has 16 heavy (non-hydrogen) atoms. The van der Waals surface area contributed by atoms with Gasteiger partial charge in [-0.2, -0.15) is 0 Å². The average Bonchev–Trinajstić information content (AvgIpc) is 2.94. The number of hydrogen-bond acceptors (Lipinski definition) is 2. The van der Waals surface area contributed by atoms with E-state index in [2.05, 4.69) is 6.92 Å². The average molecular weight is 227 g/mol. The smallest absolute Gasteiger partial charge is 0.154 e. The molecular weight excluding hydrogens is 198 g/mol. The van der Waals surface area contributed by atoms with Gasteiger partial charge in [0.15, 0.2) is 5.78 Å². The minimum absolute atomic E-state index is 0.196. The van der Waals surface area contributed by atoms with E-state index in [9.17, 15) is 4.79 Å². The molecule has 2 nitrogen and oxygen atoms in total. The van der Waals surface area contributed by atoms with Crippen LogP contribution in [0, 0.1) is 10.8 Å². The predicted octanol–water partition coefficient (Wildman–Crippen LogP) is 3.54. The highest BCUT2D eigenvalue weighted by atomic mass is 16.1. The third kappa shape index (κ3) is 5.11. The molecule has 1 aliphatic carbocycles. The van der Waals surface area contributed by atoms with Crippen LogP contribution in [-0.4, -0.2) is 11.8 Å². The highest BCUT2D eigenvalue weighted by Crippen LogP contribution is 2.49. The van der Waals surface area contributed by atoms with Crippen LogP contribution in [0.2, 0.25) is 0 Å². The molecule has 1 rings (SSSR count). The van der Waals surface area contributed by atoms with Crippen LogP contribution in [0.4, 0.5) is 0 Å². The quantitative estimate of drug-likeness (QED) is 0.798. The molecule has 1 saturated carbocycles. The van der Waals surface area contributed by atoms with Crippen molar-refractivity contribution in [3.05, 3.63) is 0 Å². The molecule has 0 aromatic carbocycles. The van der Waals surface area contributed by atoms with Crippen LogP contribution in [0.25, 0.3) is 0 Å². The van der Waals surface area contributed by atoms with Crippen LogP contribution in [0.15, 0.2) is 0 Å². The molecule has 0 spiro atoms. The van der Waals surface area contributed by atoms with Crippen LogP contribution < -0.4 is 5.73 Å². The molecule has 2 heteroatoms. The highest BCUT2D eigenvalue weighted by molar-refractivity contribution is 5.88. The summed E-state index contributed by atoms with van der Waals surface area (Å²) in [5, 5.41) is 0. The van der Waals surface area contributed by atoms with Gasteiger partial charge in [-0.05, 0) is 31.1 Å². The van der Waals surface area contributed by atoms with Gasteiger partial charge in [0.1, 0.15) is 0 Å². The van der Waals surface area contributed by atoms with Crippen LogP contribution in [0.3, 0.4) is 0 Å². The first-order valence-electron chi connectivity index (χ1n) is 6.55. The second-order valence-corrected chi connectivity index (χ2v) is 6.07. The van der Waals surface area contributed by atoms with Crippen LogP contribution in [-0.2, 0) is 4.79 Å². The van der Waals surface area contributed by atoms with Crippen molar-refractivity contribution in [1.29, 1.82) is 0 Å². The highest BCUT2D eigenvalue weighted by Gasteiger charge is 2.38. The van der Waals surface area contributed by atoms with Crippen LogP contribution in [0.1, 0.15) is 67.2 Å². The molecule has 96 valence electrons. The third-order valence-electron chi connectivity index (χ3n) is 3.24. The summed E-state index contributed by atoms with van der Waals surface area (Å²) in [7, 11) is 0. The molecule has 0 aromatic rings. The lowest BCUT2D eigenvalue weighted by Gasteiger charge is -2.22. The van der Waals surface area contributed by atoms with Crippen molar-refractivity contribution in [3.8, 4) is 0 Å². The molecule has 0 heterocycles. The lowest BCUT2D eigenvalue weighted by molar-refractivity contribution is -0.127. The van der Waals surface area contributed by atoms with Gasteiger partial charge < -0.3 is 5.73 Å². The lowest BCUT2D eigenvalue weighted by atomic mass is 9.84. The molecule has 1 atom stereocenters. The first-order valence-corrected chi connectivity index (χ1v) is 6.55.